The number of hydrogen-bond donors (Lipinski definition) is 1. The quantitative estimate of drug-likeness (QED) is 0.226. The first-order valence-electron chi connectivity index (χ1n) is 13.6. The second-order valence-electron chi connectivity index (χ2n) is 10.4. The summed E-state index contributed by atoms with van der Waals surface area (Å²) in [5.41, 5.74) is 1.69. The largest absolute Gasteiger partial charge is 0.489 e. The van der Waals surface area contributed by atoms with Crippen molar-refractivity contribution in [3.8, 4) is 5.75 Å². The molecule has 0 unspecified atom stereocenters. The third-order valence-electron chi connectivity index (χ3n) is 7.35. The van der Waals surface area contributed by atoms with Gasteiger partial charge < -0.3 is 14.7 Å². The number of hydrogen-bond acceptors (Lipinski definition) is 5. The number of benzene rings is 1. The summed E-state index contributed by atoms with van der Waals surface area (Å²) < 4.78 is 5.45. The van der Waals surface area contributed by atoms with E-state index in [1.165, 1.54) is 51.4 Å². The first-order valence-corrected chi connectivity index (χ1v) is 13.6. The van der Waals surface area contributed by atoms with E-state index >= 15 is 0 Å². The van der Waals surface area contributed by atoms with Crippen LogP contribution in [0.4, 0.5) is 5.69 Å². The Labute approximate surface area is 214 Å². The van der Waals surface area contributed by atoms with E-state index in [9.17, 15) is 19.5 Å². The van der Waals surface area contributed by atoms with Gasteiger partial charge in [-0.25, -0.2) is 4.79 Å². The average molecular weight is 496 g/mol. The van der Waals surface area contributed by atoms with Crippen LogP contribution in [-0.2, 0) is 5.41 Å². The number of carboxylic acids is 1. The Morgan fingerprint density at radius 2 is 1.56 bits per heavy atom. The SMILES string of the molecule is CCCCCCCCCCCCN1/C(=C/c2c(OCC)c(=O)c2=O)C(C)(C)c2cc(C(=O)O)ccc21. The summed E-state index contributed by atoms with van der Waals surface area (Å²) in [5.74, 6) is -0.833. The number of nitrogens with zero attached hydrogens (tertiary/aromatic N) is 1. The summed E-state index contributed by atoms with van der Waals surface area (Å²) in [6, 6.07) is 5.23. The highest BCUT2D eigenvalue weighted by Gasteiger charge is 2.41. The topological polar surface area (TPSA) is 83.9 Å². The van der Waals surface area contributed by atoms with Gasteiger partial charge in [-0.2, -0.15) is 0 Å². The Morgan fingerprint density at radius 3 is 2.14 bits per heavy atom. The standard InChI is InChI=1S/C30H41NO5/c1-5-7-8-9-10-11-12-13-14-15-18-31-24-17-16-21(29(34)35)19-23(24)30(3,4)25(31)20-22-26(32)27(33)28(22)36-6-2/h16-17,19-20H,5-15,18H2,1-4H3,(H,34,35)/b25-20+. The Bertz CT molecular complexity index is 1150. The molecule has 0 radical (unpaired) electrons. The minimum Gasteiger partial charge on any atom is -0.489 e. The van der Waals surface area contributed by atoms with Crippen molar-refractivity contribution in [2.24, 2.45) is 0 Å². The molecule has 2 aromatic carbocycles. The first kappa shape index (κ1) is 27.7. The number of unbranched alkanes of at least 4 members (excludes halogenated alkanes) is 9. The Kier molecular flexibility index (Phi) is 9.52. The molecule has 0 saturated carbocycles. The van der Waals surface area contributed by atoms with Gasteiger partial charge >= 0.3 is 5.97 Å². The number of ether oxygens (including phenoxy) is 1. The van der Waals surface area contributed by atoms with Crippen molar-refractivity contribution in [2.45, 2.75) is 97.3 Å². The van der Waals surface area contributed by atoms with Gasteiger partial charge in [0.15, 0.2) is 5.75 Å². The van der Waals surface area contributed by atoms with Gasteiger partial charge in [0.2, 0.25) is 5.43 Å². The zero-order valence-electron chi connectivity index (χ0n) is 22.3. The molecule has 1 aliphatic heterocycles. The van der Waals surface area contributed by atoms with Gasteiger partial charge in [0.25, 0.3) is 5.43 Å². The van der Waals surface area contributed by atoms with Gasteiger partial charge in [-0.3, -0.25) is 9.59 Å². The minimum absolute atomic E-state index is 0.131. The van der Waals surface area contributed by atoms with E-state index in [4.69, 9.17) is 4.74 Å². The Balaban J connectivity index is 1.77. The van der Waals surface area contributed by atoms with E-state index in [0.717, 1.165) is 36.3 Å². The van der Waals surface area contributed by atoms with E-state index in [0.29, 0.717) is 12.2 Å². The molecule has 0 spiro atoms. The summed E-state index contributed by atoms with van der Waals surface area (Å²) in [6.45, 7) is 9.18. The van der Waals surface area contributed by atoms with Gasteiger partial charge in [-0.1, -0.05) is 78.6 Å². The first-order chi connectivity index (χ1) is 17.2. The fourth-order valence-corrected chi connectivity index (χ4v) is 5.21. The van der Waals surface area contributed by atoms with Crippen LogP contribution in [0.15, 0.2) is 33.5 Å². The molecule has 0 saturated heterocycles. The average Bonchev–Trinajstić information content (AvgIpc) is 3.07. The normalized spacial score (nSPS) is 15.6. The molecule has 6 nitrogen and oxygen atoms in total. The Hall–Kier alpha value is -2.89. The molecule has 0 amide bonds. The predicted octanol–water partition coefficient (Wildman–Crippen LogP) is 6.44. The fraction of sp³-hybridized carbons (Fsp3) is 0.567. The van der Waals surface area contributed by atoms with Crippen LogP contribution in [0.3, 0.4) is 0 Å². The molecule has 1 N–H and O–H groups in total. The van der Waals surface area contributed by atoms with Gasteiger partial charge in [0.1, 0.15) is 0 Å². The molecule has 0 bridgehead atoms. The maximum Gasteiger partial charge on any atom is 0.335 e. The van der Waals surface area contributed by atoms with E-state index in [2.05, 4.69) is 11.8 Å². The molecule has 0 atom stereocenters. The molecule has 1 aliphatic rings. The smallest absolute Gasteiger partial charge is 0.335 e. The number of anilines is 1. The third kappa shape index (κ3) is 5.91. The van der Waals surface area contributed by atoms with Crippen LogP contribution < -0.4 is 20.5 Å². The fourth-order valence-electron chi connectivity index (χ4n) is 5.21. The molecule has 1 heterocycles. The maximum absolute atomic E-state index is 12.4. The zero-order chi connectivity index (χ0) is 26.3. The van der Waals surface area contributed by atoms with Crippen molar-refractivity contribution < 1.29 is 14.6 Å². The molecule has 196 valence electrons. The number of fused-ring (bicyclic) bond motifs is 1. The maximum atomic E-state index is 12.4. The number of carboxylic acid groups (broad SMARTS) is 1. The van der Waals surface area contributed by atoms with Gasteiger partial charge in [0.05, 0.1) is 17.7 Å². The van der Waals surface area contributed by atoms with Crippen molar-refractivity contribution in [1.29, 1.82) is 0 Å². The summed E-state index contributed by atoms with van der Waals surface area (Å²) in [5, 5.41) is 9.54. The molecule has 3 rings (SSSR count). The summed E-state index contributed by atoms with van der Waals surface area (Å²) in [6.07, 6.45) is 14.2. The van der Waals surface area contributed by atoms with Crippen LogP contribution in [-0.4, -0.2) is 24.2 Å². The van der Waals surface area contributed by atoms with Crippen molar-refractivity contribution in [1.82, 2.24) is 0 Å². The van der Waals surface area contributed by atoms with E-state index in [-0.39, 0.29) is 11.3 Å². The zero-order valence-corrected chi connectivity index (χ0v) is 22.3. The lowest BCUT2D eigenvalue weighted by molar-refractivity contribution is 0.0696. The monoisotopic (exact) mass is 495 g/mol. The molecule has 6 heteroatoms. The van der Waals surface area contributed by atoms with Crippen LogP contribution in [0.1, 0.15) is 113 Å². The molecule has 2 aromatic rings. The molecular formula is C30H41NO5. The van der Waals surface area contributed by atoms with Crippen molar-refractivity contribution in [2.75, 3.05) is 18.1 Å². The lowest BCUT2D eigenvalue weighted by Crippen LogP contribution is -2.36. The van der Waals surface area contributed by atoms with E-state index in [1.54, 1.807) is 25.1 Å². The summed E-state index contributed by atoms with van der Waals surface area (Å²) in [7, 11) is 0. The third-order valence-corrected chi connectivity index (χ3v) is 7.35. The van der Waals surface area contributed by atoms with Gasteiger partial charge in [0, 0.05) is 23.3 Å². The summed E-state index contributed by atoms with van der Waals surface area (Å²) >= 11 is 0. The highest BCUT2D eigenvalue weighted by Crippen LogP contribution is 2.49. The van der Waals surface area contributed by atoms with Crippen molar-refractivity contribution >= 4 is 17.7 Å². The molecule has 36 heavy (non-hydrogen) atoms. The minimum atomic E-state index is -0.964. The molecular weight excluding hydrogens is 454 g/mol. The van der Waals surface area contributed by atoms with Crippen LogP contribution in [0.2, 0.25) is 0 Å². The number of carbonyl (C=O) groups is 1. The van der Waals surface area contributed by atoms with Crippen molar-refractivity contribution in [3.63, 3.8) is 0 Å². The molecule has 0 fully saturated rings. The highest BCUT2D eigenvalue weighted by molar-refractivity contribution is 5.90. The van der Waals surface area contributed by atoms with Gasteiger partial charge in [-0.05, 0) is 43.2 Å². The number of aromatic carboxylic acids is 1. The van der Waals surface area contributed by atoms with Gasteiger partial charge in [-0.15, -0.1) is 0 Å². The summed E-state index contributed by atoms with van der Waals surface area (Å²) in [4.78, 5) is 38.3. The lowest BCUT2D eigenvalue weighted by Gasteiger charge is -2.28. The Morgan fingerprint density at radius 1 is 0.944 bits per heavy atom. The van der Waals surface area contributed by atoms with E-state index < -0.39 is 22.2 Å². The van der Waals surface area contributed by atoms with Crippen LogP contribution in [0, 0.1) is 0 Å². The highest BCUT2D eigenvalue weighted by atomic mass is 16.5. The van der Waals surface area contributed by atoms with Crippen molar-refractivity contribution in [3.05, 3.63) is 61.0 Å². The number of rotatable bonds is 15. The van der Waals surface area contributed by atoms with Crippen LogP contribution in [0.5, 0.6) is 5.75 Å². The lowest BCUT2D eigenvalue weighted by atomic mass is 9.82. The van der Waals surface area contributed by atoms with E-state index in [1.807, 2.05) is 19.9 Å². The molecule has 0 aliphatic carbocycles. The van der Waals surface area contributed by atoms with Crippen LogP contribution in [0.25, 0.3) is 6.08 Å². The second-order valence-corrected chi connectivity index (χ2v) is 10.4. The number of allylic oxidation sites excluding steroid dienone is 1. The second kappa shape index (κ2) is 12.4. The molecule has 0 aromatic heterocycles. The van der Waals surface area contributed by atoms with Crippen LogP contribution >= 0.6 is 0 Å². The predicted molar refractivity (Wildman–Crippen MR) is 146 cm³/mol.